The van der Waals surface area contributed by atoms with Crippen molar-refractivity contribution in [3.05, 3.63) is 33.9 Å². The van der Waals surface area contributed by atoms with Crippen molar-refractivity contribution < 1.29 is 14.5 Å². The molecule has 0 unspecified atom stereocenters. The Kier molecular flexibility index (Phi) is 4.29. The van der Waals surface area contributed by atoms with Gasteiger partial charge in [0, 0.05) is 23.6 Å². The summed E-state index contributed by atoms with van der Waals surface area (Å²) in [7, 11) is 0. The highest BCUT2D eigenvalue weighted by Crippen LogP contribution is 2.29. The van der Waals surface area contributed by atoms with Gasteiger partial charge in [0.1, 0.15) is 0 Å². The Bertz CT molecular complexity index is 543. The van der Waals surface area contributed by atoms with Crippen LogP contribution in [0.2, 0.25) is 0 Å². The third-order valence-corrected chi connectivity index (χ3v) is 4.00. The van der Waals surface area contributed by atoms with E-state index in [9.17, 15) is 14.9 Å². The number of carbonyl (C=O) groups excluding carboxylic acids is 1. The Balaban J connectivity index is 2.09. The molecule has 1 aliphatic heterocycles. The number of thioether (sulfide) groups is 1. The van der Waals surface area contributed by atoms with Gasteiger partial charge in [-0.3, -0.25) is 14.9 Å². The zero-order valence-electron chi connectivity index (χ0n) is 11.3. The molecule has 0 atom stereocenters. The molecule has 1 aliphatic rings. The lowest BCUT2D eigenvalue weighted by Crippen LogP contribution is -2.48. The maximum atomic E-state index is 12.0. The first kappa shape index (κ1) is 14.8. The van der Waals surface area contributed by atoms with Crippen molar-refractivity contribution in [3.63, 3.8) is 0 Å². The van der Waals surface area contributed by atoms with Gasteiger partial charge in [0.25, 0.3) is 11.6 Å². The molecule has 0 aliphatic carbocycles. The number of rotatable bonds is 5. The van der Waals surface area contributed by atoms with Crippen LogP contribution in [-0.4, -0.2) is 36.8 Å². The van der Waals surface area contributed by atoms with Crippen LogP contribution in [0.25, 0.3) is 0 Å². The standard InChI is InChI=1S/C13H16N2O4S/c1-13(7-19-8-13)6-14-12(16)9-3-4-11(20-2)10(5-9)15(17)18/h3-5H,6-8H2,1-2H3,(H,14,16). The van der Waals surface area contributed by atoms with E-state index in [1.54, 1.807) is 18.4 Å². The summed E-state index contributed by atoms with van der Waals surface area (Å²) in [5.74, 6) is -0.297. The zero-order valence-corrected chi connectivity index (χ0v) is 12.2. The molecule has 0 saturated carbocycles. The van der Waals surface area contributed by atoms with E-state index in [1.165, 1.54) is 17.8 Å². The maximum absolute atomic E-state index is 12.0. The average molecular weight is 296 g/mol. The van der Waals surface area contributed by atoms with Crippen LogP contribution in [0.4, 0.5) is 5.69 Å². The fourth-order valence-electron chi connectivity index (χ4n) is 1.92. The molecule has 108 valence electrons. The highest BCUT2D eigenvalue weighted by atomic mass is 32.2. The number of nitro benzene ring substituents is 1. The lowest BCUT2D eigenvalue weighted by Gasteiger charge is -2.38. The predicted octanol–water partition coefficient (Wildman–Crippen LogP) is 2.08. The molecule has 1 aromatic carbocycles. The van der Waals surface area contributed by atoms with Crippen molar-refractivity contribution in [2.75, 3.05) is 26.0 Å². The molecule has 1 fully saturated rings. The van der Waals surface area contributed by atoms with Crippen molar-refractivity contribution in [1.82, 2.24) is 5.32 Å². The van der Waals surface area contributed by atoms with E-state index in [-0.39, 0.29) is 17.0 Å². The number of carbonyl (C=O) groups is 1. The predicted molar refractivity (Wildman–Crippen MR) is 76.1 cm³/mol. The highest BCUT2D eigenvalue weighted by molar-refractivity contribution is 7.98. The number of hydrogen-bond acceptors (Lipinski definition) is 5. The van der Waals surface area contributed by atoms with Gasteiger partial charge in [-0.1, -0.05) is 6.92 Å². The molecule has 1 N–H and O–H groups in total. The largest absolute Gasteiger partial charge is 0.380 e. The van der Waals surface area contributed by atoms with Gasteiger partial charge >= 0.3 is 0 Å². The minimum absolute atomic E-state index is 0.0270. The number of nitro groups is 1. The molecule has 1 heterocycles. The summed E-state index contributed by atoms with van der Waals surface area (Å²) in [6.45, 7) is 3.78. The molecule has 20 heavy (non-hydrogen) atoms. The van der Waals surface area contributed by atoms with Gasteiger partial charge in [-0.25, -0.2) is 0 Å². The van der Waals surface area contributed by atoms with Gasteiger partial charge in [-0.05, 0) is 18.4 Å². The summed E-state index contributed by atoms with van der Waals surface area (Å²) >= 11 is 1.28. The van der Waals surface area contributed by atoms with Crippen molar-refractivity contribution in [1.29, 1.82) is 0 Å². The van der Waals surface area contributed by atoms with Crippen molar-refractivity contribution in [2.45, 2.75) is 11.8 Å². The van der Waals surface area contributed by atoms with Gasteiger partial charge in [-0.2, -0.15) is 0 Å². The molecule has 0 aromatic heterocycles. The highest BCUT2D eigenvalue weighted by Gasteiger charge is 2.33. The first-order chi connectivity index (χ1) is 9.45. The fourth-order valence-corrected chi connectivity index (χ4v) is 2.47. The molecule has 0 radical (unpaired) electrons. The number of benzene rings is 1. The summed E-state index contributed by atoms with van der Waals surface area (Å²) in [6, 6.07) is 4.53. The van der Waals surface area contributed by atoms with E-state index in [0.29, 0.717) is 30.2 Å². The van der Waals surface area contributed by atoms with Crippen LogP contribution in [0.15, 0.2) is 23.1 Å². The molecular formula is C13H16N2O4S. The summed E-state index contributed by atoms with van der Waals surface area (Å²) in [5.41, 5.74) is 0.238. The van der Waals surface area contributed by atoms with E-state index in [4.69, 9.17) is 4.74 Å². The van der Waals surface area contributed by atoms with Crippen LogP contribution in [0, 0.1) is 15.5 Å². The molecule has 6 nitrogen and oxygen atoms in total. The molecule has 1 amide bonds. The molecule has 1 saturated heterocycles. The second kappa shape index (κ2) is 5.80. The fraction of sp³-hybridized carbons (Fsp3) is 0.462. The van der Waals surface area contributed by atoms with Crippen LogP contribution >= 0.6 is 11.8 Å². The minimum atomic E-state index is -0.469. The smallest absolute Gasteiger partial charge is 0.283 e. The van der Waals surface area contributed by atoms with Crippen LogP contribution in [-0.2, 0) is 4.74 Å². The number of amides is 1. The molecule has 2 rings (SSSR count). The Labute approximate surface area is 121 Å². The summed E-state index contributed by atoms with van der Waals surface area (Å²) in [6.07, 6.45) is 1.76. The molecule has 0 spiro atoms. The molecule has 7 heteroatoms. The van der Waals surface area contributed by atoms with E-state index < -0.39 is 4.92 Å². The van der Waals surface area contributed by atoms with Gasteiger partial charge < -0.3 is 10.1 Å². The van der Waals surface area contributed by atoms with E-state index in [0.717, 1.165) is 0 Å². The second-order valence-corrected chi connectivity index (χ2v) is 5.98. The van der Waals surface area contributed by atoms with Crippen LogP contribution in [0.3, 0.4) is 0 Å². The molecule has 0 bridgehead atoms. The number of nitrogens with zero attached hydrogens (tertiary/aromatic N) is 1. The first-order valence-electron chi connectivity index (χ1n) is 6.13. The van der Waals surface area contributed by atoms with Crippen LogP contribution in [0.5, 0.6) is 0 Å². The zero-order chi connectivity index (χ0) is 14.8. The van der Waals surface area contributed by atoms with Crippen molar-refractivity contribution >= 4 is 23.4 Å². The van der Waals surface area contributed by atoms with Crippen LogP contribution in [0.1, 0.15) is 17.3 Å². The monoisotopic (exact) mass is 296 g/mol. The van der Waals surface area contributed by atoms with E-state index >= 15 is 0 Å². The number of ether oxygens (including phenoxy) is 1. The summed E-state index contributed by atoms with van der Waals surface area (Å²) < 4.78 is 5.11. The minimum Gasteiger partial charge on any atom is -0.380 e. The van der Waals surface area contributed by atoms with Crippen molar-refractivity contribution in [2.24, 2.45) is 5.41 Å². The summed E-state index contributed by atoms with van der Waals surface area (Å²) in [5, 5.41) is 13.8. The first-order valence-corrected chi connectivity index (χ1v) is 7.36. The Morgan fingerprint density at radius 1 is 1.55 bits per heavy atom. The van der Waals surface area contributed by atoms with Crippen molar-refractivity contribution in [3.8, 4) is 0 Å². The summed E-state index contributed by atoms with van der Waals surface area (Å²) in [4.78, 5) is 23.1. The molecule has 1 aromatic rings. The quantitative estimate of drug-likeness (QED) is 0.511. The SMILES string of the molecule is CSc1ccc(C(=O)NCC2(C)COC2)cc1[N+](=O)[O-]. The third kappa shape index (κ3) is 3.10. The maximum Gasteiger partial charge on any atom is 0.283 e. The Morgan fingerprint density at radius 3 is 2.75 bits per heavy atom. The van der Waals surface area contributed by atoms with E-state index in [2.05, 4.69) is 5.32 Å². The Hall–Kier alpha value is -1.60. The number of nitrogens with one attached hydrogen (secondary N) is 1. The topological polar surface area (TPSA) is 81.5 Å². The number of hydrogen-bond donors (Lipinski definition) is 1. The van der Waals surface area contributed by atoms with Gasteiger partial charge in [-0.15, -0.1) is 11.8 Å². The van der Waals surface area contributed by atoms with E-state index in [1.807, 2.05) is 6.92 Å². The van der Waals surface area contributed by atoms with Gasteiger partial charge in [0.2, 0.25) is 0 Å². The van der Waals surface area contributed by atoms with Crippen LogP contribution < -0.4 is 5.32 Å². The normalized spacial score (nSPS) is 16.3. The average Bonchev–Trinajstić information content (AvgIpc) is 2.41. The third-order valence-electron chi connectivity index (χ3n) is 3.21. The Morgan fingerprint density at radius 2 is 2.25 bits per heavy atom. The van der Waals surface area contributed by atoms with Gasteiger partial charge in [0.15, 0.2) is 0 Å². The lowest BCUT2D eigenvalue weighted by atomic mass is 9.88. The lowest BCUT2D eigenvalue weighted by molar-refractivity contribution is -0.387. The second-order valence-electron chi connectivity index (χ2n) is 5.13. The molecular weight excluding hydrogens is 280 g/mol. The van der Waals surface area contributed by atoms with Gasteiger partial charge in [0.05, 0.1) is 23.0 Å².